The Labute approximate surface area is 148 Å². The molecular weight excluding hydrogens is 320 g/mol. The molecule has 0 radical (unpaired) electrons. The predicted octanol–water partition coefficient (Wildman–Crippen LogP) is 1.86. The maximum absolute atomic E-state index is 12.2. The second-order valence-corrected chi connectivity index (χ2v) is 6.92. The fraction of sp³-hybridized carbons (Fsp3) is 0.526. The van der Waals surface area contributed by atoms with Crippen molar-refractivity contribution in [2.24, 2.45) is 5.92 Å². The maximum Gasteiger partial charge on any atom is 0.251 e. The molecule has 136 valence electrons. The second-order valence-electron chi connectivity index (χ2n) is 6.92. The number of likely N-dealkylation sites (tertiary alicyclic amines) is 1. The number of imide groups is 1. The van der Waals surface area contributed by atoms with Gasteiger partial charge in [0.25, 0.3) is 5.91 Å². The highest BCUT2D eigenvalue weighted by Gasteiger charge is 2.29. The van der Waals surface area contributed by atoms with E-state index in [1.54, 1.807) is 31.2 Å². The lowest BCUT2D eigenvalue weighted by atomic mass is 9.88. The lowest BCUT2D eigenvalue weighted by molar-refractivity contribution is -0.139. The third-order valence-electron chi connectivity index (χ3n) is 4.99. The summed E-state index contributed by atoms with van der Waals surface area (Å²) < 4.78 is 0. The standard InChI is InChI=1S/C19H26N2O4/c1-4-13(2)19(3,25)12-20-18(24)15-7-5-14(6-8-15)11-21-16(22)9-10-17(21)23/h5-8,13,25H,4,9-12H2,1-3H3,(H,20,24)/t13-,19+/m1/s1. The molecule has 1 aromatic carbocycles. The van der Waals surface area contributed by atoms with E-state index in [0.717, 1.165) is 12.0 Å². The van der Waals surface area contributed by atoms with Gasteiger partial charge in [-0.25, -0.2) is 0 Å². The van der Waals surface area contributed by atoms with Gasteiger partial charge in [0.05, 0.1) is 12.1 Å². The Morgan fingerprint density at radius 2 is 1.80 bits per heavy atom. The molecule has 6 nitrogen and oxygen atoms in total. The molecule has 2 rings (SSSR count). The SMILES string of the molecule is CC[C@@H](C)[C@@](C)(O)CNC(=O)c1ccc(CN2C(=O)CCC2=O)cc1. The van der Waals surface area contributed by atoms with Crippen molar-refractivity contribution in [3.8, 4) is 0 Å². The minimum Gasteiger partial charge on any atom is -0.388 e. The number of rotatable bonds is 7. The highest BCUT2D eigenvalue weighted by Crippen LogP contribution is 2.19. The van der Waals surface area contributed by atoms with Gasteiger partial charge in [-0.05, 0) is 30.5 Å². The normalized spacial score (nSPS) is 18.2. The van der Waals surface area contributed by atoms with Crippen LogP contribution in [-0.4, -0.2) is 39.9 Å². The van der Waals surface area contributed by atoms with Crippen LogP contribution in [0.1, 0.15) is 56.0 Å². The number of hydrogen-bond donors (Lipinski definition) is 2. The predicted molar refractivity (Wildman–Crippen MR) is 93.6 cm³/mol. The zero-order chi connectivity index (χ0) is 18.6. The molecule has 2 N–H and O–H groups in total. The number of nitrogens with one attached hydrogen (secondary N) is 1. The van der Waals surface area contributed by atoms with E-state index in [1.165, 1.54) is 4.90 Å². The van der Waals surface area contributed by atoms with Crippen molar-refractivity contribution < 1.29 is 19.5 Å². The van der Waals surface area contributed by atoms with Crippen molar-refractivity contribution in [2.45, 2.75) is 52.2 Å². The molecule has 1 aromatic rings. The van der Waals surface area contributed by atoms with Gasteiger partial charge in [0, 0.05) is 24.9 Å². The van der Waals surface area contributed by atoms with Crippen molar-refractivity contribution >= 4 is 17.7 Å². The Balaban J connectivity index is 1.94. The van der Waals surface area contributed by atoms with Gasteiger partial charge in [0.15, 0.2) is 0 Å². The summed E-state index contributed by atoms with van der Waals surface area (Å²) in [6.07, 6.45) is 1.37. The Kier molecular flexibility index (Phi) is 5.95. The zero-order valence-corrected chi connectivity index (χ0v) is 15.0. The van der Waals surface area contributed by atoms with Crippen molar-refractivity contribution in [2.75, 3.05) is 6.54 Å². The van der Waals surface area contributed by atoms with E-state index in [1.807, 2.05) is 13.8 Å². The van der Waals surface area contributed by atoms with Gasteiger partial charge in [-0.15, -0.1) is 0 Å². The van der Waals surface area contributed by atoms with E-state index < -0.39 is 5.60 Å². The molecule has 25 heavy (non-hydrogen) atoms. The van der Waals surface area contributed by atoms with Crippen LogP contribution in [0.2, 0.25) is 0 Å². The second kappa shape index (κ2) is 7.78. The number of nitrogens with zero attached hydrogens (tertiary/aromatic N) is 1. The molecule has 0 saturated carbocycles. The molecule has 1 saturated heterocycles. The maximum atomic E-state index is 12.2. The molecule has 1 aliphatic rings. The molecule has 1 heterocycles. The van der Waals surface area contributed by atoms with Crippen LogP contribution in [0.25, 0.3) is 0 Å². The van der Waals surface area contributed by atoms with Gasteiger partial charge in [-0.2, -0.15) is 0 Å². The number of carbonyl (C=O) groups is 3. The molecule has 0 unspecified atom stereocenters. The summed E-state index contributed by atoms with van der Waals surface area (Å²) in [6.45, 7) is 6.08. The van der Waals surface area contributed by atoms with Crippen LogP contribution in [0.3, 0.4) is 0 Å². The Morgan fingerprint density at radius 1 is 1.24 bits per heavy atom. The summed E-state index contributed by atoms with van der Waals surface area (Å²) in [7, 11) is 0. The van der Waals surface area contributed by atoms with Crippen molar-refractivity contribution in [3.63, 3.8) is 0 Å². The van der Waals surface area contributed by atoms with Crippen LogP contribution in [-0.2, 0) is 16.1 Å². The monoisotopic (exact) mass is 346 g/mol. The van der Waals surface area contributed by atoms with Gasteiger partial charge >= 0.3 is 0 Å². The Bertz CT molecular complexity index is 636. The summed E-state index contributed by atoms with van der Waals surface area (Å²) in [4.78, 5) is 36.8. The van der Waals surface area contributed by atoms with Gasteiger partial charge in [0.2, 0.25) is 11.8 Å². The van der Waals surface area contributed by atoms with Crippen molar-refractivity contribution in [1.29, 1.82) is 0 Å². The van der Waals surface area contributed by atoms with Crippen LogP contribution < -0.4 is 5.32 Å². The molecule has 0 spiro atoms. The molecule has 0 aromatic heterocycles. The number of carbonyl (C=O) groups excluding carboxylic acids is 3. The highest BCUT2D eigenvalue weighted by molar-refractivity contribution is 6.01. The topological polar surface area (TPSA) is 86.7 Å². The average molecular weight is 346 g/mol. The molecule has 1 aliphatic heterocycles. The van der Waals surface area contributed by atoms with E-state index in [9.17, 15) is 19.5 Å². The largest absolute Gasteiger partial charge is 0.388 e. The Morgan fingerprint density at radius 3 is 2.32 bits per heavy atom. The third kappa shape index (κ3) is 4.66. The number of amides is 3. The fourth-order valence-electron chi connectivity index (χ4n) is 2.72. The summed E-state index contributed by atoms with van der Waals surface area (Å²) >= 11 is 0. The van der Waals surface area contributed by atoms with Gasteiger partial charge in [0.1, 0.15) is 0 Å². The molecule has 2 atom stereocenters. The van der Waals surface area contributed by atoms with E-state index in [2.05, 4.69) is 5.32 Å². The zero-order valence-electron chi connectivity index (χ0n) is 15.0. The molecule has 0 aliphatic carbocycles. The van der Waals surface area contributed by atoms with E-state index >= 15 is 0 Å². The summed E-state index contributed by atoms with van der Waals surface area (Å²) in [5, 5.41) is 13.1. The quantitative estimate of drug-likeness (QED) is 0.738. The number of hydrogen-bond acceptors (Lipinski definition) is 4. The molecule has 6 heteroatoms. The first kappa shape index (κ1) is 19.1. The minimum atomic E-state index is -0.958. The van der Waals surface area contributed by atoms with Gasteiger partial charge in [-0.1, -0.05) is 32.4 Å². The van der Waals surface area contributed by atoms with Crippen LogP contribution in [0.15, 0.2) is 24.3 Å². The van der Waals surface area contributed by atoms with Gasteiger partial charge < -0.3 is 10.4 Å². The highest BCUT2D eigenvalue weighted by atomic mass is 16.3. The van der Waals surface area contributed by atoms with E-state index in [4.69, 9.17) is 0 Å². The molecule has 1 fully saturated rings. The first-order valence-electron chi connectivity index (χ1n) is 8.67. The third-order valence-corrected chi connectivity index (χ3v) is 4.99. The van der Waals surface area contributed by atoms with E-state index in [0.29, 0.717) is 5.56 Å². The molecular formula is C19H26N2O4. The molecule has 0 bridgehead atoms. The minimum absolute atomic E-state index is 0.0747. The van der Waals surface area contributed by atoms with Crippen LogP contribution in [0.4, 0.5) is 0 Å². The van der Waals surface area contributed by atoms with Crippen molar-refractivity contribution in [1.82, 2.24) is 10.2 Å². The lowest BCUT2D eigenvalue weighted by Crippen LogP contribution is -2.45. The van der Waals surface area contributed by atoms with E-state index in [-0.39, 0.29) is 49.6 Å². The Hall–Kier alpha value is -2.21. The first-order chi connectivity index (χ1) is 11.7. The van der Waals surface area contributed by atoms with Crippen LogP contribution >= 0.6 is 0 Å². The smallest absolute Gasteiger partial charge is 0.251 e. The van der Waals surface area contributed by atoms with Gasteiger partial charge in [-0.3, -0.25) is 19.3 Å². The molecule has 3 amide bonds. The summed E-state index contributed by atoms with van der Waals surface area (Å²) in [5.41, 5.74) is 0.315. The fourth-order valence-corrected chi connectivity index (χ4v) is 2.72. The van der Waals surface area contributed by atoms with Crippen LogP contribution in [0, 0.1) is 5.92 Å². The number of benzene rings is 1. The summed E-state index contributed by atoms with van der Waals surface area (Å²) in [6, 6.07) is 6.79. The lowest BCUT2D eigenvalue weighted by Gasteiger charge is -2.29. The average Bonchev–Trinajstić information content (AvgIpc) is 2.91. The van der Waals surface area contributed by atoms with Crippen LogP contribution in [0.5, 0.6) is 0 Å². The number of aliphatic hydroxyl groups is 1. The van der Waals surface area contributed by atoms with Crippen molar-refractivity contribution in [3.05, 3.63) is 35.4 Å². The first-order valence-corrected chi connectivity index (χ1v) is 8.67. The summed E-state index contributed by atoms with van der Waals surface area (Å²) in [5.74, 6) is -0.493.